The Bertz CT molecular complexity index is 857. The van der Waals surface area contributed by atoms with Crippen LogP contribution >= 0.6 is 0 Å². The molecular weight excluding hydrogens is 356 g/mol. The number of carbonyl (C=O) groups is 1. The number of anilines is 2. The maximum atomic E-state index is 10.8. The third-order valence-corrected chi connectivity index (χ3v) is 5.61. The summed E-state index contributed by atoms with van der Waals surface area (Å²) < 4.78 is 10.2. The second-order valence-corrected chi connectivity index (χ2v) is 8.12. The highest BCUT2D eigenvalue weighted by atomic mass is 16.7. The second-order valence-electron chi connectivity index (χ2n) is 8.12. The van der Waals surface area contributed by atoms with E-state index in [1.165, 1.54) is 11.3 Å². The second kappa shape index (κ2) is 7.36. The van der Waals surface area contributed by atoms with E-state index in [2.05, 4.69) is 48.3 Å². The molecule has 0 radical (unpaired) electrons. The number of hydrogen-bond donors (Lipinski definition) is 2. The quantitative estimate of drug-likeness (QED) is 0.609. The number of carboxylic acid groups (broad SMARTS) is 1. The smallest absolute Gasteiger partial charge is 0.449 e. The molecule has 0 aromatic heterocycles. The van der Waals surface area contributed by atoms with Crippen molar-refractivity contribution >= 4 is 17.5 Å². The minimum Gasteiger partial charge on any atom is -0.449 e. The van der Waals surface area contributed by atoms with Gasteiger partial charge in [0.1, 0.15) is 5.75 Å². The molecule has 4 rings (SSSR count). The summed E-state index contributed by atoms with van der Waals surface area (Å²) in [5, 5.41) is 12.5. The van der Waals surface area contributed by atoms with Gasteiger partial charge in [0.05, 0.1) is 19.3 Å². The molecule has 2 aliphatic rings. The predicted octanol–water partition coefficient (Wildman–Crippen LogP) is 4.32. The number of ether oxygens (including phenoxy) is 2. The van der Waals surface area contributed by atoms with Crippen molar-refractivity contribution in [2.45, 2.75) is 26.3 Å². The standard InChI is InChI=1S/C22H26N2O4/c1-22(2)14-16-13-18(28-21(25)26)7-8-19(16)23-20(22)15-3-5-17(6-4-15)24-9-11-27-12-10-24/h3-8,13,20,23H,9-12,14H2,1-2H3,(H,25,26). The summed E-state index contributed by atoms with van der Waals surface area (Å²) in [5.41, 5.74) is 4.55. The molecule has 1 saturated heterocycles. The first kappa shape index (κ1) is 18.6. The number of nitrogens with one attached hydrogen (secondary N) is 1. The van der Waals surface area contributed by atoms with Crippen LogP contribution < -0.4 is 15.0 Å². The third-order valence-electron chi connectivity index (χ3n) is 5.61. The molecule has 2 aromatic carbocycles. The molecule has 2 aromatic rings. The summed E-state index contributed by atoms with van der Waals surface area (Å²) in [6, 6.07) is 14.4. The molecule has 2 heterocycles. The molecule has 1 fully saturated rings. The van der Waals surface area contributed by atoms with Crippen LogP contribution in [0.4, 0.5) is 16.2 Å². The topological polar surface area (TPSA) is 71.0 Å². The summed E-state index contributed by atoms with van der Waals surface area (Å²) in [6.45, 7) is 7.89. The Morgan fingerprint density at radius 3 is 2.57 bits per heavy atom. The molecule has 1 unspecified atom stereocenters. The molecule has 0 amide bonds. The van der Waals surface area contributed by atoms with Crippen LogP contribution in [0.15, 0.2) is 42.5 Å². The molecule has 0 spiro atoms. The molecule has 0 bridgehead atoms. The van der Waals surface area contributed by atoms with Crippen molar-refractivity contribution in [1.82, 2.24) is 0 Å². The Hall–Kier alpha value is -2.73. The number of morpholine rings is 1. The van der Waals surface area contributed by atoms with Gasteiger partial charge in [0.25, 0.3) is 0 Å². The molecule has 6 nitrogen and oxygen atoms in total. The average molecular weight is 382 g/mol. The molecule has 148 valence electrons. The van der Waals surface area contributed by atoms with Crippen molar-refractivity contribution < 1.29 is 19.4 Å². The fourth-order valence-electron chi connectivity index (χ4n) is 4.20. The van der Waals surface area contributed by atoms with Gasteiger partial charge in [-0.1, -0.05) is 26.0 Å². The van der Waals surface area contributed by atoms with Crippen molar-refractivity contribution in [2.75, 3.05) is 36.5 Å². The highest BCUT2D eigenvalue weighted by Gasteiger charge is 2.36. The lowest BCUT2D eigenvalue weighted by molar-refractivity contribution is 0.122. The number of rotatable bonds is 3. The molecule has 1 atom stereocenters. The van der Waals surface area contributed by atoms with Crippen LogP contribution in [0.2, 0.25) is 0 Å². The Balaban J connectivity index is 1.56. The van der Waals surface area contributed by atoms with E-state index in [0.29, 0.717) is 5.75 Å². The average Bonchev–Trinajstić information content (AvgIpc) is 2.67. The molecule has 2 aliphatic heterocycles. The molecule has 0 aliphatic carbocycles. The Morgan fingerprint density at radius 1 is 1.18 bits per heavy atom. The number of fused-ring (bicyclic) bond motifs is 1. The Kier molecular flexibility index (Phi) is 4.89. The normalized spacial score (nSPS) is 20.8. The first-order valence-electron chi connectivity index (χ1n) is 9.65. The molecular formula is C22H26N2O4. The first-order valence-corrected chi connectivity index (χ1v) is 9.65. The highest BCUT2D eigenvalue weighted by molar-refractivity contribution is 5.64. The SMILES string of the molecule is CC1(C)Cc2cc(OC(=O)O)ccc2NC1c1ccc(N2CCOCC2)cc1. The van der Waals surface area contributed by atoms with E-state index in [1.54, 1.807) is 6.07 Å². The maximum Gasteiger partial charge on any atom is 0.511 e. The first-order chi connectivity index (χ1) is 13.4. The van der Waals surface area contributed by atoms with E-state index in [1.807, 2.05) is 12.1 Å². The number of hydrogen-bond acceptors (Lipinski definition) is 5. The van der Waals surface area contributed by atoms with Gasteiger partial charge in [0, 0.05) is 24.5 Å². The van der Waals surface area contributed by atoms with Gasteiger partial charge in [0.2, 0.25) is 0 Å². The lowest BCUT2D eigenvalue weighted by Gasteiger charge is -2.41. The summed E-state index contributed by atoms with van der Waals surface area (Å²) >= 11 is 0. The van der Waals surface area contributed by atoms with E-state index >= 15 is 0 Å². The van der Waals surface area contributed by atoms with Crippen LogP contribution in [0.1, 0.15) is 31.0 Å². The lowest BCUT2D eigenvalue weighted by atomic mass is 9.73. The van der Waals surface area contributed by atoms with Crippen molar-refractivity contribution in [2.24, 2.45) is 5.41 Å². The zero-order valence-corrected chi connectivity index (χ0v) is 16.3. The van der Waals surface area contributed by atoms with E-state index in [-0.39, 0.29) is 11.5 Å². The summed E-state index contributed by atoms with van der Waals surface area (Å²) in [7, 11) is 0. The van der Waals surface area contributed by atoms with Gasteiger partial charge in [-0.25, -0.2) is 4.79 Å². The fourth-order valence-corrected chi connectivity index (χ4v) is 4.20. The third kappa shape index (κ3) is 3.78. The van der Waals surface area contributed by atoms with E-state index in [9.17, 15) is 4.79 Å². The zero-order valence-electron chi connectivity index (χ0n) is 16.3. The van der Waals surface area contributed by atoms with Gasteiger partial charge in [-0.05, 0) is 53.3 Å². The van der Waals surface area contributed by atoms with Crippen molar-refractivity contribution in [1.29, 1.82) is 0 Å². The van der Waals surface area contributed by atoms with E-state index in [0.717, 1.165) is 44.0 Å². The van der Waals surface area contributed by atoms with Crippen LogP contribution in [-0.4, -0.2) is 37.6 Å². The van der Waals surface area contributed by atoms with Crippen LogP contribution in [0.3, 0.4) is 0 Å². The van der Waals surface area contributed by atoms with Gasteiger partial charge in [-0.2, -0.15) is 0 Å². The van der Waals surface area contributed by atoms with Crippen LogP contribution in [0, 0.1) is 5.41 Å². The van der Waals surface area contributed by atoms with Gasteiger partial charge in [-0.3, -0.25) is 0 Å². The van der Waals surface area contributed by atoms with Gasteiger partial charge >= 0.3 is 6.16 Å². The molecule has 6 heteroatoms. The van der Waals surface area contributed by atoms with Crippen molar-refractivity contribution in [3.8, 4) is 5.75 Å². The predicted molar refractivity (Wildman–Crippen MR) is 108 cm³/mol. The van der Waals surface area contributed by atoms with E-state index < -0.39 is 6.16 Å². The maximum absolute atomic E-state index is 10.8. The molecule has 2 N–H and O–H groups in total. The number of benzene rings is 2. The monoisotopic (exact) mass is 382 g/mol. The van der Waals surface area contributed by atoms with E-state index in [4.69, 9.17) is 14.6 Å². The van der Waals surface area contributed by atoms with Crippen LogP contribution in [0.25, 0.3) is 0 Å². The van der Waals surface area contributed by atoms with Gasteiger partial charge in [-0.15, -0.1) is 0 Å². The Labute approximate surface area is 165 Å². The Morgan fingerprint density at radius 2 is 1.89 bits per heavy atom. The minimum absolute atomic E-state index is 0.0324. The minimum atomic E-state index is -1.29. The fraction of sp³-hybridized carbons (Fsp3) is 0.409. The molecule has 28 heavy (non-hydrogen) atoms. The summed E-state index contributed by atoms with van der Waals surface area (Å²) in [6.07, 6.45) is -0.455. The number of nitrogens with zero attached hydrogens (tertiary/aromatic N) is 1. The molecule has 0 saturated carbocycles. The van der Waals surface area contributed by atoms with Gasteiger partial charge in [0.15, 0.2) is 0 Å². The summed E-state index contributed by atoms with van der Waals surface area (Å²) in [4.78, 5) is 13.1. The highest BCUT2D eigenvalue weighted by Crippen LogP contribution is 2.45. The van der Waals surface area contributed by atoms with Gasteiger partial charge < -0.3 is 24.8 Å². The summed E-state index contributed by atoms with van der Waals surface area (Å²) in [5.74, 6) is 0.358. The zero-order chi connectivity index (χ0) is 19.7. The van der Waals surface area contributed by atoms with Crippen molar-refractivity contribution in [3.05, 3.63) is 53.6 Å². The van der Waals surface area contributed by atoms with Crippen LogP contribution in [-0.2, 0) is 11.2 Å². The lowest BCUT2D eigenvalue weighted by Crippen LogP contribution is -2.36. The van der Waals surface area contributed by atoms with Crippen molar-refractivity contribution in [3.63, 3.8) is 0 Å². The van der Waals surface area contributed by atoms with Crippen LogP contribution in [0.5, 0.6) is 5.75 Å². The largest absolute Gasteiger partial charge is 0.511 e.